The van der Waals surface area contributed by atoms with Crippen LogP contribution in [-0.4, -0.2) is 29.8 Å². The molecule has 1 atom stereocenters. The van der Waals surface area contributed by atoms with Gasteiger partial charge in [-0.3, -0.25) is 4.79 Å². The van der Waals surface area contributed by atoms with Crippen molar-refractivity contribution in [3.8, 4) is 0 Å². The fourth-order valence-corrected chi connectivity index (χ4v) is 2.77. The first-order valence-electron chi connectivity index (χ1n) is 6.61. The van der Waals surface area contributed by atoms with E-state index in [1.165, 1.54) is 11.8 Å². The van der Waals surface area contributed by atoms with Crippen LogP contribution in [0.4, 0.5) is 13.2 Å². The third kappa shape index (κ3) is 11.2. The normalized spacial score (nSPS) is 13.6. The van der Waals surface area contributed by atoms with Crippen LogP contribution in [0.3, 0.4) is 0 Å². The van der Waals surface area contributed by atoms with Gasteiger partial charge in [0.25, 0.3) is 0 Å². The lowest BCUT2D eigenvalue weighted by molar-refractivity contribution is -0.143. The lowest BCUT2D eigenvalue weighted by Gasteiger charge is -2.17. The first kappa shape index (κ1) is 18.6. The van der Waals surface area contributed by atoms with E-state index in [4.69, 9.17) is 4.74 Å². The number of carbonyl (C=O) groups is 1. The van der Waals surface area contributed by atoms with Crippen molar-refractivity contribution in [2.24, 2.45) is 5.92 Å². The molecular weight excluding hydrogens is 277 g/mol. The summed E-state index contributed by atoms with van der Waals surface area (Å²) < 4.78 is 41.1. The summed E-state index contributed by atoms with van der Waals surface area (Å²) in [5.74, 6) is 0.347. The monoisotopic (exact) mass is 300 g/mol. The van der Waals surface area contributed by atoms with Crippen LogP contribution in [0.1, 0.15) is 46.5 Å². The van der Waals surface area contributed by atoms with Crippen molar-refractivity contribution in [2.75, 3.05) is 12.4 Å². The zero-order valence-electron chi connectivity index (χ0n) is 11.8. The van der Waals surface area contributed by atoms with Gasteiger partial charge in [0.1, 0.15) is 5.25 Å². The first-order valence-corrected chi connectivity index (χ1v) is 7.66. The molecule has 0 aliphatic rings. The number of esters is 1. The highest BCUT2D eigenvalue weighted by Crippen LogP contribution is 2.26. The Balaban J connectivity index is 4.09. The van der Waals surface area contributed by atoms with E-state index >= 15 is 0 Å². The highest BCUT2D eigenvalue weighted by atomic mass is 32.2. The van der Waals surface area contributed by atoms with Gasteiger partial charge in [-0.25, -0.2) is 0 Å². The van der Waals surface area contributed by atoms with Crippen molar-refractivity contribution in [3.63, 3.8) is 0 Å². The number of alkyl halides is 3. The Bertz CT molecular complexity index is 255. The molecule has 0 bridgehead atoms. The van der Waals surface area contributed by atoms with Gasteiger partial charge < -0.3 is 4.74 Å². The van der Waals surface area contributed by atoms with Gasteiger partial charge in [0.2, 0.25) is 0 Å². The molecule has 6 heteroatoms. The fraction of sp³-hybridized carbons (Fsp3) is 0.923. The molecule has 0 aromatic carbocycles. The molecule has 0 rings (SSSR count). The Kier molecular flexibility index (Phi) is 9.31. The number of ether oxygens (including phenoxy) is 1. The number of halogens is 3. The minimum Gasteiger partial charge on any atom is -0.465 e. The number of thioether (sulfide) groups is 1. The van der Waals surface area contributed by atoms with E-state index in [-0.39, 0.29) is 17.6 Å². The summed E-state index contributed by atoms with van der Waals surface area (Å²) >= 11 is 1.27. The minimum absolute atomic E-state index is 0.0455. The Hall–Kier alpha value is -0.390. The van der Waals surface area contributed by atoms with Gasteiger partial charge in [-0.2, -0.15) is 13.2 Å². The highest BCUT2D eigenvalue weighted by molar-refractivity contribution is 8.00. The van der Waals surface area contributed by atoms with Crippen molar-refractivity contribution in [1.29, 1.82) is 0 Å². The molecule has 0 aliphatic carbocycles. The van der Waals surface area contributed by atoms with Gasteiger partial charge in [-0.15, -0.1) is 11.8 Å². The number of rotatable bonds is 9. The van der Waals surface area contributed by atoms with E-state index in [2.05, 4.69) is 0 Å². The van der Waals surface area contributed by atoms with E-state index in [1.807, 2.05) is 20.8 Å². The molecule has 19 heavy (non-hydrogen) atoms. The number of carbonyl (C=O) groups excluding carboxylic acids is 1. The average Bonchev–Trinajstić information content (AvgIpc) is 2.28. The summed E-state index contributed by atoms with van der Waals surface area (Å²) in [6.45, 7) is 6.24. The summed E-state index contributed by atoms with van der Waals surface area (Å²) in [4.78, 5) is 11.8. The summed E-state index contributed by atoms with van der Waals surface area (Å²) in [5.41, 5.74) is 0. The van der Waals surface area contributed by atoms with Gasteiger partial charge in [-0.1, -0.05) is 20.8 Å². The summed E-state index contributed by atoms with van der Waals surface area (Å²) in [6.07, 6.45) is -3.48. The second kappa shape index (κ2) is 9.50. The van der Waals surface area contributed by atoms with Crippen LogP contribution >= 0.6 is 11.8 Å². The Labute approximate surface area is 117 Å². The van der Waals surface area contributed by atoms with Crippen molar-refractivity contribution in [3.05, 3.63) is 0 Å². The van der Waals surface area contributed by atoms with Crippen LogP contribution in [0.15, 0.2) is 0 Å². The van der Waals surface area contributed by atoms with Crippen molar-refractivity contribution < 1.29 is 22.7 Å². The smallest absolute Gasteiger partial charge is 0.389 e. The molecule has 0 amide bonds. The van der Waals surface area contributed by atoms with Crippen LogP contribution < -0.4 is 0 Å². The predicted octanol–water partition coefficient (Wildman–Crippen LogP) is 4.43. The summed E-state index contributed by atoms with van der Waals surface area (Å²) in [5, 5.41) is -0.347. The topological polar surface area (TPSA) is 26.3 Å². The van der Waals surface area contributed by atoms with Crippen LogP contribution in [0.2, 0.25) is 0 Å². The Morgan fingerprint density at radius 2 is 1.95 bits per heavy atom. The van der Waals surface area contributed by atoms with Crippen LogP contribution in [0.25, 0.3) is 0 Å². The van der Waals surface area contributed by atoms with Crippen molar-refractivity contribution in [1.82, 2.24) is 0 Å². The summed E-state index contributed by atoms with van der Waals surface area (Å²) in [7, 11) is 0. The van der Waals surface area contributed by atoms with E-state index < -0.39 is 12.6 Å². The quantitative estimate of drug-likeness (QED) is 0.465. The van der Waals surface area contributed by atoms with E-state index in [0.29, 0.717) is 24.7 Å². The van der Waals surface area contributed by atoms with Crippen LogP contribution in [0, 0.1) is 5.92 Å². The van der Waals surface area contributed by atoms with E-state index in [0.717, 1.165) is 6.42 Å². The lowest BCUT2D eigenvalue weighted by Crippen LogP contribution is -2.23. The molecule has 0 spiro atoms. The van der Waals surface area contributed by atoms with Crippen LogP contribution in [0.5, 0.6) is 0 Å². The van der Waals surface area contributed by atoms with Crippen molar-refractivity contribution in [2.45, 2.75) is 57.9 Å². The second-order valence-corrected chi connectivity index (χ2v) is 6.19. The molecule has 0 heterocycles. The average molecular weight is 300 g/mol. The van der Waals surface area contributed by atoms with E-state index in [1.54, 1.807) is 0 Å². The molecule has 0 saturated heterocycles. The van der Waals surface area contributed by atoms with Gasteiger partial charge in [-0.05, 0) is 30.9 Å². The third-order valence-corrected chi connectivity index (χ3v) is 3.63. The Morgan fingerprint density at radius 1 is 1.32 bits per heavy atom. The maximum absolute atomic E-state index is 12.0. The lowest BCUT2D eigenvalue weighted by atomic mass is 10.1. The maximum atomic E-state index is 12.0. The Morgan fingerprint density at radius 3 is 2.42 bits per heavy atom. The standard InChI is InChI=1S/C13H23F3O2S/c1-4-7-18-12(17)11(9-10(2)3)19-8-5-6-13(14,15)16/h10-11H,4-9H2,1-3H3. The number of hydrogen-bond acceptors (Lipinski definition) is 3. The predicted molar refractivity (Wildman–Crippen MR) is 72.2 cm³/mol. The SMILES string of the molecule is CCCOC(=O)C(CC(C)C)SCCCC(F)(F)F. The van der Waals surface area contributed by atoms with Gasteiger partial charge in [0.05, 0.1) is 6.61 Å². The van der Waals surface area contributed by atoms with Crippen LogP contribution in [-0.2, 0) is 9.53 Å². The molecule has 0 aromatic heterocycles. The molecule has 0 aromatic rings. The third-order valence-electron chi connectivity index (χ3n) is 2.32. The zero-order valence-corrected chi connectivity index (χ0v) is 12.6. The molecule has 2 nitrogen and oxygen atoms in total. The first-order chi connectivity index (χ1) is 8.76. The minimum atomic E-state index is -4.11. The highest BCUT2D eigenvalue weighted by Gasteiger charge is 2.27. The largest absolute Gasteiger partial charge is 0.465 e. The second-order valence-electron chi connectivity index (χ2n) is 4.88. The molecule has 0 radical (unpaired) electrons. The molecular formula is C13H23F3O2S. The molecule has 0 N–H and O–H groups in total. The van der Waals surface area contributed by atoms with Gasteiger partial charge in [0, 0.05) is 6.42 Å². The van der Waals surface area contributed by atoms with Crippen molar-refractivity contribution >= 4 is 17.7 Å². The van der Waals surface area contributed by atoms with Gasteiger partial charge in [0.15, 0.2) is 0 Å². The van der Waals surface area contributed by atoms with E-state index in [9.17, 15) is 18.0 Å². The number of hydrogen-bond donors (Lipinski definition) is 0. The molecule has 0 aliphatic heterocycles. The summed E-state index contributed by atoms with van der Waals surface area (Å²) in [6, 6.07) is 0. The molecule has 1 unspecified atom stereocenters. The van der Waals surface area contributed by atoms with Gasteiger partial charge >= 0.3 is 12.1 Å². The molecule has 114 valence electrons. The molecule has 0 fully saturated rings. The zero-order chi connectivity index (χ0) is 14.9. The maximum Gasteiger partial charge on any atom is 0.389 e. The fourth-order valence-electron chi connectivity index (χ4n) is 1.45. The molecule has 0 saturated carbocycles.